The first-order chi connectivity index (χ1) is 12.6. The summed E-state index contributed by atoms with van der Waals surface area (Å²) in [4.78, 5) is 12.6. The average molecular weight is 357 g/mol. The van der Waals surface area contributed by atoms with Gasteiger partial charge in [0.15, 0.2) is 5.69 Å². The van der Waals surface area contributed by atoms with Crippen LogP contribution in [0.2, 0.25) is 0 Å². The zero-order chi connectivity index (χ0) is 18.5. The van der Waals surface area contributed by atoms with Crippen molar-refractivity contribution in [2.24, 2.45) is 0 Å². The number of hydrogen-bond acceptors (Lipinski definition) is 5. The quantitative estimate of drug-likeness (QED) is 0.827. The highest BCUT2D eigenvalue weighted by Gasteiger charge is 2.22. The Morgan fingerprint density at radius 1 is 1.38 bits per heavy atom. The zero-order valence-corrected chi connectivity index (χ0v) is 15.7. The zero-order valence-electron chi connectivity index (χ0n) is 15.7. The Hall–Kier alpha value is -2.41. The number of amides is 1. The number of ether oxygens (including phenoxy) is 1. The van der Waals surface area contributed by atoms with Crippen LogP contribution in [0.4, 0.5) is 0 Å². The second-order valence-corrected chi connectivity index (χ2v) is 6.83. The number of carbonyl (C=O) groups is 1. The van der Waals surface area contributed by atoms with Gasteiger partial charge in [-0.05, 0) is 63.9 Å². The van der Waals surface area contributed by atoms with Crippen LogP contribution in [-0.2, 0) is 6.42 Å². The van der Waals surface area contributed by atoms with Gasteiger partial charge in [-0.1, -0.05) is 12.1 Å². The number of benzene rings is 1. The molecule has 140 valence electrons. The molecule has 0 bridgehead atoms. The Morgan fingerprint density at radius 3 is 2.77 bits per heavy atom. The van der Waals surface area contributed by atoms with Gasteiger partial charge in [0.05, 0.1) is 17.5 Å². The molecule has 2 aromatic rings. The molecule has 1 fully saturated rings. The summed E-state index contributed by atoms with van der Waals surface area (Å²) < 4.78 is 7.40. The fourth-order valence-electron chi connectivity index (χ4n) is 3.17. The highest BCUT2D eigenvalue weighted by molar-refractivity contribution is 5.93. The molecule has 1 amide bonds. The Kier molecular flexibility index (Phi) is 5.88. The van der Waals surface area contributed by atoms with Crippen LogP contribution >= 0.6 is 0 Å². The van der Waals surface area contributed by atoms with E-state index in [1.54, 1.807) is 4.68 Å². The molecule has 0 spiro atoms. The number of piperidine rings is 1. The van der Waals surface area contributed by atoms with Crippen molar-refractivity contribution in [3.63, 3.8) is 0 Å². The molecular weight excluding hydrogens is 330 g/mol. The highest BCUT2D eigenvalue weighted by atomic mass is 16.5. The molecule has 2 heterocycles. The van der Waals surface area contributed by atoms with Gasteiger partial charge in [0, 0.05) is 12.6 Å². The number of nitrogens with one attached hydrogen (secondary N) is 2. The Labute approximate surface area is 154 Å². The molecule has 1 aromatic carbocycles. The van der Waals surface area contributed by atoms with Crippen LogP contribution in [0.15, 0.2) is 24.3 Å². The molecule has 2 N–H and O–H groups in total. The second-order valence-electron chi connectivity index (χ2n) is 6.83. The van der Waals surface area contributed by atoms with E-state index < -0.39 is 0 Å². The number of aromatic nitrogens is 3. The van der Waals surface area contributed by atoms with E-state index in [9.17, 15) is 4.79 Å². The summed E-state index contributed by atoms with van der Waals surface area (Å²) in [6.07, 6.45) is 2.86. The van der Waals surface area contributed by atoms with Gasteiger partial charge in [0.1, 0.15) is 5.75 Å². The average Bonchev–Trinajstić information content (AvgIpc) is 3.07. The molecule has 1 aromatic heterocycles. The normalized spacial score (nSPS) is 17.3. The summed E-state index contributed by atoms with van der Waals surface area (Å²) in [6, 6.07) is 7.82. The first-order valence-electron chi connectivity index (χ1n) is 9.31. The molecular formula is C19H27N5O2. The van der Waals surface area contributed by atoms with Gasteiger partial charge in [-0.3, -0.25) is 4.79 Å². The minimum absolute atomic E-state index is 0.128. The van der Waals surface area contributed by atoms with Crippen molar-refractivity contribution < 1.29 is 9.53 Å². The van der Waals surface area contributed by atoms with E-state index in [0.717, 1.165) is 43.1 Å². The fourth-order valence-corrected chi connectivity index (χ4v) is 3.17. The molecule has 0 unspecified atom stereocenters. The van der Waals surface area contributed by atoms with Gasteiger partial charge in [-0.15, -0.1) is 5.10 Å². The van der Waals surface area contributed by atoms with Crippen molar-refractivity contribution in [1.29, 1.82) is 0 Å². The Bertz CT molecular complexity index is 733. The third-order valence-electron chi connectivity index (χ3n) is 4.40. The molecule has 0 aliphatic carbocycles. The van der Waals surface area contributed by atoms with E-state index >= 15 is 0 Å². The first kappa shape index (κ1) is 18.4. The molecule has 3 rings (SSSR count). The molecule has 1 atom stereocenters. The largest absolute Gasteiger partial charge is 0.491 e. The highest BCUT2D eigenvalue weighted by Crippen LogP contribution is 2.19. The lowest BCUT2D eigenvalue weighted by atomic mass is 10.1. The molecule has 0 radical (unpaired) electrons. The van der Waals surface area contributed by atoms with Crippen LogP contribution in [0.5, 0.6) is 5.75 Å². The number of carbonyl (C=O) groups excluding carboxylic acids is 1. The van der Waals surface area contributed by atoms with Crippen molar-refractivity contribution >= 4 is 5.91 Å². The van der Waals surface area contributed by atoms with Crippen molar-refractivity contribution in [1.82, 2.24) is 25.6 Å². The van der Waals surface area contributed by atoms with E-state index in [1.165, 1.54) is 0 Å². The SMILES string of the molecule is CCc1c(C(=O)N[C@H]2CCCNC2)nnn1-c1ccc(OC(C)C)cc1. The lowest BCUT2D eigenvalue weighted by Crippen LogP contribution is -2.45. The monoisotopic (exact) mass is 357 g/mol. The Morgan fingerprint density at radius 2 is 2.15 bits per heavy atom. The van der Waals surface area contributed by atoms with Crippen LogP contribution in [0.3, 0.4) is 0 Å². The summed E-state index contributed by atoms with van der Waals surface area (Å²) in [7, 11) is 0. The van der Waals surface area contributed by atoms with E-state index in [4.69, 9.17) is 4.74 Å². The minimum atomic E-state index is -0.151. The standard InChI is InChI=1S/C19H27N5O2/c1-4-17-18(19(25)21-14-6-5-11-20-12-14)22-23-24(17)15-7-9-16(10-8-15)26-13(2)3/h7-10,13-14,20H,4-6,11-12H2,1-3H3,(H,21,25)/t14-/m0/s1. The van der Waals surface area contributed by atoms with Crippen LogP contribution in [0, 0.1) is 0 Å². The number of nitrogens with zero attached hydrogens (tertiary/aromatic N) is 3. The van der Waals surface area contributed by atoms with Crippen molar-refractivity contribution in [3.8, 4) is 11.4 Å². The summed E-state index contributed by atoms with van der Waals surface area (Å²) in [5.41, 5.74) is 2.08. The lowest BCUT2D eigenvalue weighted by Gasteiger charge is -2.23. The lowest BCUT2D eigenvalue weighted by molar-refractivity contribution is 0.0924. The minimum Gasteiger partial charge on any atom is -0.491 e. The first-order valence-corrected chi connectivity index (χ1v) is 9.31. The number of rotatable bonds is 6. The van der Waals surface area contributed by atoms with Gasteiger partial charge in [-0.2, -0.15) is 0 Å². The molecule has 1 saturated heterocycles. The van der Waals surface area contributed by atoms with Crippen molar-refractivity contribution in [2.75, 3.05) is 13.1 Å². The maximum absolute atomic E-state index is 12.6. The topological polar surface area (TPSA) is 81.1 Å². The van der Waals surface area contributed by atoms with E-state index in [1.807, 2.05) is 45.0 Å². The third kappa shape index (κ3) is 4.22. The fraction of sp³-hybridized carbons (Fsp3) is 0.526. The summed E-state index contributed by atoms with van der Waals surface area (Å²) in [5.74, 6) is 0.659. The number of hydrogen-bond donors (Lipinski definition) is 2. The van der Waals surface area contributed by atoms with Gasteiger partial charge in [0.25, 0.3) is 5.91 Å². The van der Waals surface area contributed by atoms with Crippen LogP contribution < -0.4 is 15.4 Å². The third-order valence-corrected chi connectivity index (χ3v) is 4.40. The van der Waals surface area contributed by atoms with Crippen molar-refractivity contribution in [2.45, 2.75) is 52.2 Å². The summed E-state index contributed by atoms with van der Waals surface area (Å²) in [5, 5.41) is 14.7. The maximum Gasteiger partial charge on any atom is 0.274 e. The van der Waals surface area contributed by atoms with E-state index in [0.29, 0.717) is 12.1 Å². The molecule has 1 aliphatic heterocycles. The summed E-state index contributed by atoms with van der Waals surface area (Å²) >= 11 is 0. The predicted molar refractivity (Wildman–Crippen MR) is 99.9 cm³/mol. The molecule has 26 heavy (non-hydrogen) atoms. The Balaban J connectivity index is 1.78. The second kappa shape index (κ2) is 8.31. The maximum atomic E-state index is 12.6. The molecule has 1 aliphatic rings. The van der Waals surface area contributed by atoms with Gasteiger partial charge in [-0.25, -0.2) is 4.68 Å². The predicted octanol–water partition coefficient (Wildman–Crippen LogP) is 2.10. The van der Waals surface area contributed by atoms with Gasteiger partial charge < -0.3 is 15.4 Å². The molecule has 0 saturated carbocycles. The van der Waals surface area contributed by atoms with Crippen LogP contribution in [0.25, 0.3) is 5.69 Å². The van der Waals surface area contributed by atoms with E-state index in [-0.39, 0.29) is 18.1 Å². The van der Waals surface area contributed by atoms with E-state index in [2.05, 4.69) is 20.9 Å². The molecule has 7 heteroatoms. The smallest absolute Gasteiger partial charge is 0.274 e. The van der Waals surface area contributed by atoms with Crippen LogP contribution in [0.1, 0.15) is 49.8 Å². The van der Waals surface area contributed by atoms with Gasteiger partial charge in [0.2, 0.25) is 0 Å². The van der Waals surface area contributed by atoms with Gasteiger partial charge >= 0.3 is 0 Å². The summed E-state index contributed by atoms with van der Waals surface area (Å²) in [6.45, 7) is 7.81. The van der Waals surface area contributed by atoms with Crippen molar-refractivity contribution in [3.05, 3.63) is 35.7 Å². The van der Waals surface area contributed by atoms with Crippen LogP contribution in [-0.4, -0.2) is 46.1 Å². The molecule has 7 nitrogen and oxygen atoms in total.